The number of hydrogen-bond donors (Lipinski definition) is 0. The van der Waals surface area contributed by atoms with E-state index in [4.69, 9.17) is 9.47 Å². The molecule has 4 aliphatic rings. The smallest absolute Gasteiger partial charge is 0.348 e. The van der Waals surface area contributed by atoms with Crippen molar-refractivity contribution in [3.8, 4) is 0 Å². The van der Waals surface area contributed by atoms with Crippen LogP contribution in [0.3, 0.4) is 0 Å². The number of amides is 4. The molecule has 1 aromatic carbocycles. The third-order valence-electron chi connectivity index (χ3n) is 7.08. The van der Waals surface area contributed by atoms with E-state index in [0.717, 1.165) is 27.5 Å². The SMILES string of the molecule is CN1C(=O)N(C)C(=O)C2(Cc3cc(C=C4C(=O)OC(C)(C)OC4=O)ccc3N3CCC[C@@H]32)C1=O. The summed E-state index contributed by atoms with van der Waals surface area (Å²) in [7, 11) is 2.79. The van der Waals surface area contributed by atoms with Crippen molar-refractivity contribution in [2.45, 2.75) is 44.9 Å². The number of barbiturate groups is 1. The summed E-state index contributed by atoms with van der Waals surface area (Å²) < 4.78 is 10.3. The van der Waals surface area contributed by atoms with Crippen molar-refractivity contribution in [2.75, 3.05) is 25.5 Å². The predicted octanol–water partition coefficient (Wildman–Crippen LogP) is 1.47. The predicted molar refractivity (Wildman–Crippen MR) is 118 cm³/mol. The van der Waals surface area contributed by atoms with Crippen LogP contribution in [0.25, 0.3) is 6.08 Å². The molecular weight excluding hydrogens is 442 g/mol. The van der Waals surface area contributed by atoms with Crippen molar-refractivity contribution >= 4 is 41.5 Å². The number of urea groups is 1. The van der Waals surface area contributed by atoms with Crippen LogP contribution in [-0.4, -0.2) is 72.1 Å². The fourth-order valence-electron chi connectivity index (χ4n) is 5.57. The molecule has 1 spiro atoms. The number of hydrogen-bond acceptors (Lipinski definition) is 8. The molecule has 3 saturated heterocycles. The lowest BCUT2D eigenvalue weighted by molar-refractivity contribution is -0.222. The quantitative estimate of drug-likeness (QED) is 0.264. The Hall–Kier alpha value is -3.69. The van der Waals surface area contributed by atoms with E-state index in [2.05, 4.69) is 4.90 Å². The monoisotopic (exact) mass is 467 g/mol. The molecule has 0 bridgehead atoms. The Balaban J connectivity index is 1.58. The fourth-order valence-corrected chi connectivity index (χ4v) is 5.57. The number of esters is 2. The van der Waals surface area contributed by atoms with E-state index in [-0.39, 0.29) is 18.0 Å². The first-order valence-electron chi connectivity index (χ1n) is 11.1. The van der Waals surface area contributed by atoms with Crippen molar-refractivity contribution in [3.05, 3.63) is 34.9 Å². The topological polar surface area (TPSA) is 114 Å². The molecule has 4 amide bonds. The lowest BCUT2D eigenvalue weighted by Gasteiger charge is -2.50. The normalized spacial score (nSPS) is 25.3. The van der Waals surface area contributed by atoms with Gasteiger partial charge in [-0.2, -0.15) is 0 Å². The van der Waals surface area contributed by atoms with E-state index in [1.54, 1.807) is 12.1 Å². The average Bonchev–Trinajstić information content (AvgIpc) is 3.27. The zero-order valence-corrected chi connectivity index (χ0v) is 19.4. The Labute approximate surface area is 196 Å². The fraction of sp³-hybridized carbons (Fsp3) is 0.458. The van der Waals surface area contributed by atoms with E-state index < -0.39 is 41.0 Å². The number of imide groups is 2. The molecule has 0 saturated carbocycles. The van der Waals surface area contributed by atoms with Crippen LogP contribution in [0.2, 0.25) is 0 Å². The van der Waals surface area contributed by atoms with Crippen LogP contribution in [0.1, 0.15) is 37.8 Å². The van der Waals surface area contributed by atoms with Gasteiger partial charge in [0.2, 0.25) is 11.8 Å². The third-order valence-corrected chi connectivity index (χ3v) is 7.08. The molecule has 4 aliphatic heterocycles. The Kier molecular flexibility index (Phi) is 4.65. The summed E-state index contributed by atoms with van der Waals surface area (Å²) in [5, 5.41) is 0. The molecule has 0 N–H and O–H groups in total. The molecular formula is C24H25N3O7. The first kappa shape index (κ1) is 22.1. The second kappa shape index (κ2) is 7.15. The minimum absolute atomic E-state index is 0.113. The van der Waals surface area contributed by atoms with E-state index in [1.165, 1.54) is 34.0 Å². The average molecular weight is 467 g/mol. The highest BCUT2D eigenvalue weighted by molar-refractivity contribution is 6.20. The molecule has 3 fully saturated rings. The van der Waals surface area contributed by atoms with Gasteiger partial charge in [0.1, 0.15) is 5.57 Å². The van der Waals surface area contributed by atoms with Crippen LogP contribution in [0.5, 0.6) is 0 Å². The van der Waals surface area contributed by atoms with Crippen LogP contribution in [0.4, 0.5) is 10.5 Å². The number of fused-ring (bicyclic) bond motifs is 4. The second-order valence-electron chi connectivity index (χ2n) is 9.64. The summed E-state index contributed by atoms with van der Waals surface area (Å²) in [6.45, 7) is 3.62. The van der Waals surface area contributed by atoms with Crippen molar-refractivity contribution in [3.63, 3.8) is 0 Å². The van der Waals surface area contributed by atoms with E-state index in [0.29, 0.717) is 18.5 Å². The summed E-state index contributed by atoms with van der Waals surface area (Å²) >= 11 is 0. The number of anilines is 1. The zero-order valence-electron chi connectivity index (χ0n) is 19.4. The van der Waals surface area contributed by atoms with Gasteiger partial charge in [0.25, 0.3) is 5.79 Å². The van der Waals surface area contributed by atoms with E-state index in [1.807, 2.05) is 6.07 Å². The molecule has 0 aliphatic carbocycles. The molecule has 10 nitrogen and oxygen atoms in total. The van der Waals surface area contributed by atoms with Gasteiger partial charge in [0, 0.05) is 40.2 Å². The minimum Gasteiger partial charge on any atom is -0.419 e. The maximum Gasteiger partial charge on any atom is 0.348 e. The molecule has 34 heavy (non-hydrogen) atoms. The Morgan fingerprint density at radius 1 is 0.971 bits per heavy atom. The Bertz CT molecular complexity index is 1150. The molecule has 1 aromatic rings. The van der Waals surface area contributed by atoms with Gasteiger partial charge in [-0.15, -0.1) is 0 Å². The molecule has 1 atom stereocenters. The number of nitrogens with zero attached hydrogens (tertiary/aromatic N) is 3. The molecule has 4 heterocycles. The Morgan fingerprint density at radius 2 is 1.59 bits per heavy atom. The van der Waals surface area contributed by atoms with Crippen molar-refractivity contribution in [2.24, 2.45) is 5.41 Å². The van der Waals surface area contributed by atoms with Gasteiger partial charge in [-0.1, -0.05) is 6.07 Å². The molecule has 0 aromatic heterocycles. The van der Waals surface area contributed by atoms with Crippen LogP contribution < -0.4 is 4.90 Å². The minimum atomic E-state index is -1.42. The van der Waals surface area contributed by atoms with Crippen molar-refractivity contribution in [1.29, 1.82) is 0 Å². The largest absolute Gasteiger partial charge is 0.419 e. The highest BCUT2D eigenvalue weighted by atomic mass is 16.7. The highest BCUT2D eigenvalue weighted by Gasteiger charge is 2.63. The number of carbonyl (C=O) groups excluding carboxylic acids is 5. The van der Waals surface area contributed by atoms with Gasteiger partial charge in [-0.3, -0.25) is 19.4 Å². The summed E-state index contributed by atoms with van der Waals surface area (Å²) in [6.07, 6.45) is 2.97. The van der Waals surface area contributed by atoms with Gasteiger partial charge < -0.3 is 14.4 Å². The summed E-state index contributed by atoms with van der Waals surface area (Å²) in [5.74, 6) is -3.92. The maximum atomic E-state index is 13.5. The first-order chi connectivity index (χ1) is 16.0. The van der Waals surface area contributed by atoms with Crippen LogP contribution in [0, 0.1) is 5.41 Å². The number of benzene rings is 1. The molecule has 5 rings (SSSR count). The third kappa shape index (κ3) is 2.97. The Morgan fingerprint density at radius 3 is 2.21 bits per heavy atom. The van der Waals surface area contributed by atoms with E-state index >= 15 is 0 Å². The van der Waals surface area contributed by atoms with Crippen LogP contribution >= 0.6 is 0 Å². The molecule has 0 unspecified atom stereocenters. The van der Waals surface area contributed by atoms with Crippen LogP contribution in [0.15, 0.2) is 23.8 Å². The zero-order chi connectivity index (χ0) is 24.6. The lowest BCUT2D eigenvalue weighted by atomic mass is 9.68. The number of carbonyl (C=O) groups is 5. The summed E-state index contributed by atoms with van der Waals surface area (Å²) in [5.41, 5.74) is 0.498. The van der Waals surface area contributed by atoms with Gasteiger partial charge in [-0.25, -0.2) is 14.4 Å². The van der Waals surface area contributed by atoms with Gasteiger partial charge >= 0.3 is 18.0 Å². The number of cyclic esters (lactones) is 2. The lowest BCUT2D eigenvalue weighted by Crippen LogP contribution is -2.70. The summed E-state index contributed by atoms with van der Waals surface area (Å²) in [6, 6.07) is 4.40. The maximum absolute atomic E-state index is 13.5. The van der Waals surface area contributed by atoms with Crippen molar-refractivity contribution < 1.29 is 33.4 Å². The first-order valence-corrected chi connectivity index (χ1v) is 11.1. The van der Waals surface area contributed by atoms with Gasteiger partial charge in [0.05, 0.1) is 6.04 Å². The standard InChI is InChI=1S/C24H25N3O7/c1-23(2)33-18(28)15(19(29)34-23)11-13-7-8-16-14(10-13)12-24(17-6-5-9-27(16)17)20(30)25(3)22(32)26(4)21(24)31/h7-8,10-11,17H,5-6,9,12H2,1-4H3/t17-/m1/s1. The van der Waals surface area contributed by atoms with Gasteiger partial charge in [-0.05, 0) is 48.6 Å². The molecule has 10 heteroatoms. The highest BCUT2D eigenvalue weighted by Crippen LogP contribution is 2.49. The number of ether oxygens (including phenoxy) is 2. The number of rotatable bonds is 1. The van der Waals surface area contributed by atoms with Gasteiger partial charge in [0.15, 0.2) is 5.41 Å². The van der Waals surface area contributed by atoms with Crippen LogP contribution in [-0.2, 0) is 35.1 Å². The van der Waals surface area contributed by atoms with E-state index in [9.17, 15) is 24.0 Å². The molecule has 178 valence electrons. The molecule has 0 radical (unpaired) electrons. The summed E-state index contributed by atoms with van der Waals surface area (Å²) in [4.78, 5) is 68.2. The van der Waals surface area contributed by atoms with Crippen molar-refractivity contribution in [1.82, 2.24) is 9.80 Å². The second-order valence-corrected chi connectivity index (χ2v) is 9.64.